The molecule has 6 heteroatoms. The monoisotopic (exact) mass is 281 g/mol. The molecule has 1 amide bonds. The van der Waals surface area contributed by atoms with E-state index in [9.17, 15) is 9.59 Å². The fourth-order valence-electron chi connectivity index (χ4n) is 1.91. The number of hydrogen-bond acceptors (Lipinski definition) is 4. The number of rotatable bonds is 4. The molecule has 2 rings (SSSR count). The summed E-state index contributed by atoms with van der Waals surface area (Å²) in [6.07, 6.45) is 0.859. The van der Waals surface area contributed by atoms with Crippen LogP contribution in [0, 0.1) is 5.92 Å². The molecule has 0 aliphatic carbocycles. The van der Waals surface area contributed by atoms with Gasteiger partial charge in [0.25, 0.3) is 0 Å². The Hall–Kier alpha value is -1.69. The number of nitrogens with one attached hydrogen (secondary N) is 1. The van der Waals surface area contributed by atoms with Crippen LogP contribution in [0.3, 0.4) is 0 Å². The number of ether oxygens (including phenoxy) is 1. The first-order valence-corrected chi connectivity index (χ1v) is 7.07. The molecule has 1 aromatic carbocycles. The number of hydrogen-bond donors (Lipinski definition) is 2. The smallest absolute Gasteiger partial charge is 0.335 e. The lowest BCUT2D eigenvalue weighted by molar-refractivity contribution is -0.119. The molecule has 1 aliphatic heterocycles. The van der Waals surface area contributed by atoms with Crippen molar-refractivity contribution < 1.29 is 19.4 Å². The van der Waals surface area contributed by atoms with Crippen LogP contribution in [0.4, 0.5) is 5.69 Å². The predicted molar refractivity (Wildman–Crippen MR) is 74.0 cm³/mol. The van der Waals surface area contributed by atoms with Crippen molar-refractivity contribution in [2.45, 2.75) is 6.42 Å². The molecule has 2 N–H and O–H groups in total. The molecule has 1 unspecified atom stereocenters. The van der Waals surface area contributed by atoms with Crippen LogP contribution in [0.2, 0.25) is 0 Å². The fourth-order valence-corrected chi connectivity index (χ4v) is 3.14. The number of aromatic carboxylic acids is 1. The molecule has 1 aromatic rings. The van der Waals surface area contributed by atoms with Crippen molar-refractivity contribution in [3.8, 4) is 5.75 Å². The quantitative estimate of drug-likeness (QED) is 0.883. The number of amides is 1. The van der Waals surface area contributed by atoms with E-state index in [2.05, 4.69) is 5.32 Å². The van der Waals surface area contributed by atoms with E-state index in [0.29, 0.717) is 11.4 Å². The van der Waals surface area contributed by atoms with Gasteiger partial charge in [0.05, 0.1) is 18.4 Å². The van der Waals surface area contributed by atoms with Gasteiger partial charge in [0, 0.05) is 11.7 Å². The first kappa shape index (κ1) is 13.7. The van der Waals surface area contributed by atoms with Crippen molar-refractivity contribution in [1.29, 1.82) is 0 Å². The SMILES string of the molecule is COc1ccc(C(=O)O)cc1NC(=O)C1CCSC1. The zero-order valence-electron chi connectivity index (χ0n) is 10.5. The zero-order valence-corrected chi connectivity index (χ0v) is 11.3. The summed E-state index contributed by atoms with van der Waals surface area (Å²) < 4.78 is 5.13. The van der Waals surface area contributed by atoms with Crippen LogP contribution < -0.4 is 10.1 Å². The van der Waals surface area contributed by atoms with E-state index in [-0.39, 0.29) is 17.4 Å². The molecule has 0 radical (unpaired) electrons. The van der Waals surface area contributed by atoms with Crippen LogP contribution in [0.5, 0.6) is 5.75 Å². The van der Waals surface area contributed by atoms with E-state index in [0.717, 1.165) is 17.9 Å². The lowest BCUT2D eigenvalue weighted by Gasteiger charge is -2.13. The second kappa shape index (κ2) is 5.97. The minimum atomic E-state index is -1.03. The summed E-state index contributed by atoms with van der Waals surface area (Å²) in [6.45, 7) is 0. The Labute approximate surface area is 115 Å². The number of carboxylic acid groups (broad SMARTS) is 1. The third-order valence-corrected chi connectivity index (χ3v) is 4.17. The Kier molecular flexibility index (Phi) is 4.31. The minimum Gasteiger partial charge on any atom is -0.495 e. The molecule has 1 aliphatic rings. The normalized spacial score (nSPS) is 18.1. The molecule has 0 spiro atoms. The standard InChI is InChI=1S/C13H15NO4S/c1-18-11-3-2-8(13(16)17)6-10(11)14-12(15)9-4-5-19-7-9/h2-3,6,9H,4-5,7H2,1H3,(H,14,15)(H,16,17). The van der Waals surface area contributed by atoms with Gasteiger partial charge in [-0.25, -0.2) is 4.79 Å². The largest absolute Gasteiger partial charge is 0.495 e. The molecule has 1 saturated heterocycles. The molecule has 1 heterocycles. The average Bonchev–Trinajstić information content (AvgIpc) is 2.92. The molecule has 19 heavy (non-hydrogen) atoms. The second-order valence-corrected chi connectivity index (χ2v) is 5.42. The van der Waals surface area contributed by atoms with E-state index in [1.54, 1.807) is 17.8 Å². The average molecular weight is 281 g/mol. The van der Waals surface area contributed by atoms with E-state index < -0.39 is 5.97 Å². The van der Waals surface area contributed by atoms with E-state index in [4.69, 9.17) is 9.84 Å². The molecule has 0 saturated carbocycles. The third kappa shape index (κ3) is 3.20. The van der Waals surface area contributed by atoms with Gasteiger partial charge in [-0.2, -0.15) is 11.8 Å². The van der Waals surface area contributed by atoms with E-state index >= 15 is 0 Å². The van der Waals surface area contributed by atoms with Crippen LogP contribution in [-0.2, 0) is 4.79 Å². The number of carboxylic acids is 1. The van der Waals surface area contributed by atoms with Crippen LogP contribution in [-0.4, -0.2) is 35.6 Å². The van der Waals surface area contributed by atoms with Crippen molar-refractivity contribution in [3.05, 3.63) is 23.8 Å². The maximum Gasteiger partial charge on any atom is 0.335 e. The summed E-state index contributed by atoms with van der Waals surface area (Å²) in [5, 5.41) is 11.7. The van der Waals surface area contributed by atoms with Crippen molar-refractivity contribution in [2.24, 2.45) is 5.92 Å². The molecular weight excluding hydrogens is 266 g/mol. The fraction of sp³-hybridized carbons (Fsp3) is 0.385. The van der Waals surface area contributed by atoms with E-state index in [1.807, 2.05) is 0 Å². The molecule has 5 nitrogen and oxygen atoms in total. The first-order valence-electron chi connectivity index (χ1n) is 5.91. The number of carbonyl (C=O) groups is 2. The molecule has 1 fully saturated rings. The lowest BCUT2D eigenvalue weighted by Crippen LogP contribution is -2.22. The number of thioether (sulfide) groups is 1. The summed E-state index contributed by atoms with van der Waals surface area (Å²) >= 11 is 1.75. The van der Waals surface area contributed by atoms with Gasteiger partial charge in [-0.1, -0.05) is 0 Å². The Morgan fingerprint density at radius 1 is 1.47 bits per heavy atom. The Morgan fingerprint density at radius 2 is 2.26 bits per heavy atom. The van der Waals surface area contributed by atoms with Crippen LogP contribution in [0.25, 0.3) is 0 Å². The third-order valence-electron chi connectivity index (χ3n) is 3.00. The van der Waals surface area contributed by atoms with Crippen molar-refractivity contribution in [1.82, 2.24) is 0 Å². The molecular formula is C13H15NO4S. The number of carbonyl (C=O) groups excluding carboxylic acids is 1. The van der Waals surface area contributed by atoms with Gasteiger partial charge in [-0.3, -0.25) is 4.79 Å². The highest BCUT2D eigenvalue weighted by atomic mass is 32.2. The highest BCUT2D eigenvalue weighted by Crippen LogP contribution is 2.29. The number of benzene rings is 1. The summed E-state index contributed by atoms with van der Waals surface area (Å²) in [5.74, 6) is 1.14. The second-order valence-electron chi connectivity index (χ2n) is 4.27. The zero-order chi connectivity index (χ0) is 13.8. The Morgan fingerprint density at radius 3 is 2.84 bits per heavy atom. The van der Waals surface area contributed by atoms with Crippen LogP contribution in [0.15, 0.2) is 18.2 Å². The molecule has 0 aromatic heterocycles. The van der Waals surface area contributed by atoms with Crippen LogP contribution in [0.1, 0.15) is 16.8 Å². The summed E-state index contributed by atoms with van der Waals surface area (Å²) in [4.78, 5) is 23.0. The van der Waals surface area contributed by atoms with Gasteiger partial charge in [-0.05, 0) is 30.4 Å². The first-order chi connectivity index (χ1) is 9.11. The van der Waals surface area contributed by atoms with Crippen molar-refractivity contribution in [3.63, 3.8) is 0 Å². The summed E-state index contributed by atoms with van der Waals surface area (Å²) in [6, 6.07) is 4.41. The van der Waals surface area contributed by atoms with Crippen LogP contribution >= 0.6 is 11.8 Å². The number of methoxy groups -OCH3 is 1. The maximum absolute atomic E-state index is 12.0. The molecule has 1 atom stereocenters. The van der Waals surface area contributed by atoms with Gasteiger partial charge in [0.2, 0.25) is 5.91 Å². The van der Waals surface area contributed by atoms with Gasteiger partial charge >= 0.3 is 5.97 Å². The topological polar surface area (TPSA) is 75.6 Å². The van der Waals surface area contributed by atoms with Crippen molar-refractivity contribution >= 4 is 29.3 Å². The highest BCUT2D eigenvalue weighted by Gasteiger charge is 2.24. The van der Waals surface area contributed by atoms with Crippen molar-refractivity contribution in [2.75, 3.05) is 23.9 Å². The highest BCUT2D eigenvalue weighted by molar-refractivity contribution is 7.99. The summed E-state index contributed by atoms with van der Waals surface area (Å²) in [7, 11) is 1.48. The molecule has 0 bridgehead atoms. The Balaban J connectivity index is 2.19. The maximum atomic E-state index is 12.0. The van der Waals surface area contributed by atoms with Gasteiger partial charge < -0.3 is 15.2 Å². The van der Waals surface area contributed by atoms with Gasteiger partial charge in [0.15, 0.2) is 0 Å². The van der Waals surface area contributed by atoms with Gasteiger partial charge in [-0.15, -0.1) is 0 Å². The minimum absolute atomic E-state index is 0.0109. The molecule has 102 valence electrons. The predicted octanol–water partition coefficient (Wildman–Crippen LogP) is 2.08. The summed E-state index contributed by atoms with van der Waals surface area (Å²) in [5.41, 5.74) is 0.529. The number of anilines is 1. The Bertz CT molecular complexity index is 497. The van der Waals surface area contributed by atoms with E-state index in [1.165, 1.54) is 19.2 Å². The lowest BCUT2D eigenvalue weighted by atomic mass is 10.1. The van der Waals surface area contributed by atoms with Gasteiger partial charge in [0.1, 0.15) is 5.75 Å².